The van der Waals surface area contributed by atoms with Crippen LogP contribution in [0.4, 0.5) is 0 Å². The summed E-state index contributed by atoms with van der Waals surface area (Å²) >= 11 is 0. The highest BCUT2D eigenvalue weighted by molar-refractivity contribution is 5.93. The zero-order chi connectivity index (χ0) is 18.0. The molecule has 0 saturated carbocycles. The first kappa shape index (κ1) is 16.9. The summed E-state index contributed by atoms with van der Waals surface area (Å²) in [5, 5.41) is 6.01. The van der Waals surface area contributed by atoms with E-state index in [4.69, 9.17) is 0 Å². The zero-order valence-electron chi connectivity index (χ0n) is 14.7. The number of carbonyl (C=O) groups is 1. The first-order valence-corrected chi connectivity index (χ1v) is 8.24. The fourth-order valence-corrected chi connectivity index (χ4v) is 2.74. The second-order valence-electron chi connectivity index (χ2n) is 6.33. The van der Waals surface area contributed by atoms with Crippen LogP contribution in [0.1, 0.15) is 12.0 Å². The van der Waals surface area contributed by atoms with E-state index in [2.05, 4.69) is 5.10 Å². The number of hydrogen-bond donors (Lipinski definition) is 0. The maximum absolute atomic E-state index is 12.7. The van der Waals surface area contributed by atoms with Crippen LogP contribution in [0.25, 0.3) is 22.0 Å². The number of nitrogens with zero attached hydrogens (tertiary/aromatic N) is 3. The number of rotatable bonds is 4. The number of aromatic nitrogens is 2. The molecule has 5 heteroatoms. The number of benzene rings is 2. The minimum Gasteiger partial charge on any atom is -0.349 e. The van der Waals surface area contributed by atoms with Crippen LogP contribution >= 0.6 is 0 Å². The summed E-state index contributed by atoms with van der Waals surface area (Å²) in [4.78, 5) is 26.1. The van der Waals surface area contributed by atoms with Crippen molar-refractivity contribution in [1.29, 1.82) is 0 Å². The van der Waals surface area contributed by atoms with Gasteiger partial charge in [0.1, 0.15) is 0 Å². The molecule has 0 bridgehead atoms. The van der Waals surface area contributed by atoms with Crippen molar-refractivity contribution in [1.82, 2.24) is 14.7 Å². The van der Waals surface area contributed by atoms with E-state index in [1.807, 2.05) is 49.4 Å². The lowest BCUT2D eigenvalue weighted by Gasteiger charge is -2.13. The normalized spacial score (nSPS) is 10.8. The molecule has 0 saturated heterocycles. The molecular formula is C20H21N3O2. The van der Waals surface area contributed by atoms with Crippen molar-refractivity contribution in [3.63, 3.8) is 0 Å². The Balaban J connectivity index is 2.12. The second-order valence-corrected chi connectivity index (χ2v) is 6.33. The molecular weight excluding hydrogens is 314 g/mol. The quantitative estimate of drug-likeness (QED) is 0.737. The van der Waals surface area contributed by atoms with Crippen molar-refractivity contribution in [2.45, 2.75) is 19.9 Å². The number of carbonyl (C=O) groups excluding carboxylic acids is 1. The Morgan fingerprint density at radius 1 is 1.04 bits per heavy atom. The van der Waals surface area contributed by atoms with Gasteiger partial charge in [0.05, 0.1) is 17.6 Å². The van der Waals surface area contributed by atoms with Crippen LogP contribution in [0.2, 0.25) is 0 Å². The number of amides is 1. The molecule has 1 amide bonds. The highest BCUT2D eigenvalue weighted by Crippen LogP contribution is 2.24. The van der Waals surface area contributed by atoms with E-state index in [-0.39, 0.29) is 24.4 Å². The lowest BCUT2D eigenvalue weighted by Crippen LogP contribution is -2.28. The Morgan fingerprint density at radius 3 is 2.32 bits per heavy atom. The van der Waals surface area contributed by atoms with Crippen LogP contribution in [0.3, 0.4) is 0 Å². The minimum atomic E-state index is -0.169. The topological polar surface area (TPSA) is 55.2 Å². The summed E-state index contributed by atoms with van der Waals surface area (Å²) in [7, 11) is 3.41. The number of aryl methyl sites for hydroxylation is 2. The van der Waals surface area contributed by atoms with E-state index in [9.17, 15) is 9.59 Å². The standard InChI is InChI=1S/C20H21N3O2/c1-14-8-10-15(11-9-14)19-16-6-4-5-7-17(16)20(25)23(21-19)13-12-18(24)22(2)3/h4-11H,12-13H2,1-3H3. The van der Waals surface area contributed by atoms with E-state index >= 15 is 0 Å². The third kappa shape index (κ3) is 3.45. The summed E-state index contributed by atoms with van der Waals surface area (Å²) in [6.45, 7) is 2.29. The maximum atomic E-state index is 12.7. The Labute approximate surface area is 146 Å². The first-order valence-electron chi connectivity index (χ1n) is 8.24. The molecule has 0 unspecified atom stereocenters. The Hall–Kier alpha value is -2.95. The molecule has 0 spiro atoms. The molecule has 3 rings (SSSR count). The molecule has 0 atom stereocenters. The van der Waals surface area contributed by atoms with Crippen LogP contribution in [-0.2, 0) is 11.3 Å². The van der Waals surface area contributed by atoms with Crippen molar-refractivity contribution < 1.29 is 4.79 Å². The van der Waals surface area contributed by atoms with Crippen molar-refractivity contribution in [2.24, 2.45) is 0 Å². The molecule has 0 aliphatic carbocycles. The Morgan fingerprint density at radius 2 is 1.68 bits per heavy atom. The maximum Gasteiger partial charge on any atom is 0.274 e. The fourth-order valence-electron chi connectivity index (χ4n) is 2.74. The zero-order valence-corrected chi connectivity index (χ0v) is 14.7. The van der Waals surface area contributed by atoms with Crippen molar-refractivity contribution in [2.75, 3.05) is 14.1 Å². The second kappa shape index (κ2) is 6.89. The highest BCUT2D eigenvalue weighted by Gasteiger charge is 2.13. The number of fused-ring (bicyclic) bond motifs is 1. The third-order valence-corrected chi connectivity index (χ3v) is 4.23. The van der Waals surface area contributed by atoms with Gasteiger partial charge in [-0.25, -0.2) is 4.68 Å². The molecule has 0 aliphatic heterocycles. The highest BCUT2D eigenvalue weighted by atomic mass is 16.2. The van der Waals surface area contributed by atoms with Crippen LogP contribution in [0.5, 0.6) is 0 Å². The molecule has 3 aromatic rings. The summed E-state index contributed by atoms with van der Waals surface area (Å²) < 4.78 is 1.40. The van der Waals surface area contributed by atoms with Gasteiger partial charge < -0.3 is 4.90 Å². The first-order chi connectivity index (χ1) is 12.0. The lowest BCUT2D eigenvalue weighted by atomic mass is 10.0. The van der Waals surface area contributed by atoms with Crippen molar-refractivity contribution in [3.05, 3.63) is 64.4 Å². The molecule has 25 heavy (non-hydrogen) atoms. The van der Waals surface area contributed by atoms with E-state index in [0.717, 1.165) is 22.2 Å². The molecule has 2 aromatic carbocycles. The summed E-state index contributed by atoms with van der Waals surface area (Å²) in [6.07, 6.45) is 0.242. The van der Waals surface area contributed by atoms with Gasteiger partial charge in [-0.15, -0.1) is 0 Å². The molecule has 0 fully saturated rings. The van der Waals surface area contributed by atoms with Crippen LogP contribution in [-0.4, -0.2) is 34.7 Å². The van der Waals surface area contributed by atoms with Gasteiger partial charge in [0.2, 0.25) is 5.91 Å². The molecule has 0 N–H and O–H groups in total. The predicted octanol–water partition coefficient (Wildman–Crippen LogP) is 2.85. The van der Waals surface area contributed by atoms with Gasteiger partial charge in [-0.1, -0.05) is 48.0 Å². The van der Waals surface area contributed by atoms with E-state index in [1.165, 1.54) is 9.58 Å². The van der Waals surface area contributed by atoms with Crippen molar-refractivity contribution >= 4 is 16.7 Å². The number of hydrogen-bond acceptors (Lipinski definition) is 3. The largest absolute Gasteiger partial charge is 0.349 e. The van der Waals surface area contributed by atoms with Crippen LogP contribution in [0, 0.1) is 6.92 Å². The molecule has 5 nitrogen and oxygen atoms in total. The molecule has 1 heterocycles. The third-order valence-electron chi connectivity index (χ3n) is 4.23. The van der Waals surface area contributed by atoms with Gasteiger partial charge in [-0.2, -0.15) is 5.10 Å². The molecule has 0 radical (unpaired) electrons. The summed E-state index contributed by atoms with van der Waals surface area (Å²) in [6, 6.07) is 15.5. The SMILES string of the molecule is Cc1ccc(-c2nn(CCC(=O)N(C)C)c(=O)c3ccccc23)cc1. The van der Waals surface area contributed by atoms with Crippen LogP contribution < -0.4 is 5.56 Å². The van der Waals surface area contributed by atoms with Gasteiger partial charge in [-0.05, 0) is 13.0 Å². The molecule has 0 aliphatic rings. The predicted molar refractivity (Wildman–Crippen MR) is 99.5 cm³/mol. The van der Waals surface area contributed by atoms with Gasteiger partial charge >= 0.3 is 0 Å². The molecule has 1 aromatic heterocycles. The Bertz CT molecular complexity index is 972. The molecule has 128 valence electrons. The van der Waals surface area contributed by atoms with Crippen LogP contribution in [0.15, 0.2) is 53.3 Å². The van der Waals surface area contributed by atoms with Gasteiger partial charge in [0.15, 0.2) is 0 Å². The average Bonchev–Trinajstić information content (AvgIpc) is 2.62. The van der Waals surface area contributed by atoms with Gasteiger partial charge in [0, 0.05) is 31.5 Å². The fraction of sp³-hybridized carbons (Fsp3) is 0.250. The smallest absolute Gasteiger partial charge is 0.274 e. The summed E-state index contributed by atoms with van der Waals surface area (Å²) in [5.74, 6) is -0.0289. The summed E-state index contributed by atoms with van der Waals surface area (Å²) in [5.41, 5.74) is 2.71. The van der Waals surface area contributed by atoms with E-state index < -0.39 is 0 Å². The monoisotopic (exact) mass is 335 g/mol. The van der Waals surface area contributed by atoms with Crippen molar-refractivity contribution in [3.8, 4) is 11.3 Å². The van der Waals surface area contributed by atoms with Gasteiger partial charge in [-0.3, -0.25) is 9.59 Å². The lowest BCUT2D eigenvalue weighted by molar-refractivity contribution is -0.128. The average molecular weight is 335 g/mol. The van der Waals surface area contributed by atoms with Gasteiger partial charge in [0.25, 0.3) is 5.56 Å². The van der Waals surface area contributed by atoms with E-state index in [0.29, 0.717) is 5.39 Å². The Kier molecular flexibility index (Phi) is 4.65. The minimum absolute atomic E-state index is 0.0289. The van der Waals surface area contributed by atoms with E-state index in [1.54, 1.807) is 20.2 Å².